The third kappa shape index (κ3) is 5.87. The van der Waals surface area contributed by atoms with Gasteiger partial charge in [0, 0.05) is 30.3 Å². The predicted octanol–water partition coefficient (Wildman–Crippen LogP) is 2.40. The molecule has 0 amide bonds. The molecule has 3 rings (SSSR count). The number of hydrogen-bond donors (Lipinski definition) is 2. The molecule has 0 saturated heterocycles. The van der Waals surface area contributed by atoms with E-state index in [1.54, 1.807) is 6.08 Å². The van der Waals surface area contributed by atoms with Gasteiger partial charge in [-0.2, -0.15) is 0 Å². The zero-order chi connectivity index (χ0) is 21.3. The van der Waals surface area contributed by atoms with Crippen LogP contribution < -0.4 is 29.3 Å². The number of rotatable bonds is 10. The summed E-state index contributed by atoms with van der Waals surface area (Å²) in [6, 6.07) is 13.9. The second kappa shape index (κ2) is 10.8. The molecule has 0 aliphatic carbocycles. The van der Waals surface area contributed by atoms with Gasteiger partial charge in [-0.3, -0.25) is 0 Å². The van der Waals surface area contributed by atoms with Crippen molar-refractivity contribution in [3.05, 3.63) is 60.7 Å². The van der Waals surface area contributed by atoms with Crippen LogP contribution in [-0.4, -0.2) is 45.7 Å². The number of thiocarbonyl (C=S) groups is 1. The average Bonchev–Trinajstić information content (AvgIpc) is 3.21. The molecule has 7 heteroatoms. The summed E-state index contributed by atoms with van der Waals surface area (Å²) < 4.78 is 16.9. The average molecular weight is 429 g/mol. The predicted molar refractivity (Wildman–Crippen MR) is 124 cm³/mol. The van der Waals surface area contributed by atoms with Crippen LogP contribution in [0.15, 0.2) is 55.1 Å². The zero-order valence-electron chi connectivity index (χ0n) is 17.6. The molecule has 0 saturated carbocycles. The number of para-hydroxylation sites is 1. The summed E-state index contributed by atoms with van der Waals surface area (Å²) in [6.45, 7) is 6.90. The van der Waals surface area contributed by atoms with Crippen LogP contribution >= 0.6 is 12.2 Å². The second-order valence-electron chi connectivity index (χ2n) is 7.37. The van der Waals surface area contributed by atoms with E-state index >= 15 is 0 Å². The minimum atomic E-state index is 0.243. The first-order chi connectivity index (χ1) is 14.6. The van der Waals surface area contributed by atoms with Gasteiger partial charge in [0.25, 0.3) is 0 Å². The van der Waals surface area contributed by atoms with Crippen LogP contribution in [0.3, 0.4) is 0 Å². The Balaban J connectivity index is 1.81. The van der Waals surface area contributed by atoms with Crippen molar-refractivity contribution in [2.45, 2.75) is 13.0 Å². The maximum absolute atomic E-state index is 5.85. The lowest BCUT2D eigenvalue weighted by atomic mass is 10.1. The Hall–Kier alpha value is -2.77. The number of benzene rings is 2. The fourth-order valence-electron chi connectivity index (χ4n) is 3.16. The van der Waals surface area contributed by atoms with Crippen LogP contribution in [0, 0.1) is 0 Å². The highest BCUT2D eigenvalue weighted by molar-refractivity contribution is 7.80. The molecule has 6 nitrogen and oxygen atoms in total. The number of nitrogens with zero attached hydrogens (tertiary/aromatic N) is 1. The van der Waals surface area contributed by atoms with Gasteiger partial charge in [-0.15, -0.1) is 0 Å². The number of hydrogen-bond acceptors (Lipinski definition) is 4. The van der Waals surface area contributed by atoms with Gasteiger partial charge in [0.1, 0.15) is 12.4 Å². The number of anilines is 1. The molecule has 0 atom stereocenters. The Morgan fingerprint density at radius 3 is 2.83 bits per heavy atom. The molecule has 2 aromatic carbocycles. The molecule has 0 spiro atoms. The van der Waals surface area contributed by atoms with E-state index in [0.29, 0.717) is 18.3 Å². The first kappa shape index (κ1) is 21.9. The van der Waals surface area contributed by atoms with Crippen molar-refractivity contribution in [1.82, 2.24) is 5.32 Å². The Labute approximate surface area is 184 Å². The molecule has 1 heterocycles. The van der Waals surface area contributed by atoms with Crippen molar-refractivity contribution in [1.29, 1.82) is 0 Å². The molecule has 1 aliphatic heterocycles. The lowest BCUT2D eigenvalue weighted by molar-refractivity contribution is -0.858. The molecule has 0 bridgehead atoms. The standard InChI is InChI=1S/C23H29N3O3S/c1-4-14-27-20-9-6-5-8-18(20)16-26(23(30)24-12-7-13-25(2)3)19-10-11-21-22(15-19)29-17-28-21/h4-6,8-11,15H,1,7,12-14,16-17H2,2-3H3,(H,24,30)/p+1. The highest BCUT2D eigenvalue weighted by atomic mass is 32.1. The molecule has 2 N–H and O–H groups in total. The van der Waals surface area contributed by atoms with E-state index in [1.165, 1.54) is 4.90 Å². The van der Waals surface area contributed by atoms with E-state index in [0.717, 1.165) is 48.0 Å². The molecule has 0 unspecified atom stereocenters. The molecule has 0 fully saturated rings. The summed E-state index contributed by atoms with van der Waals surface area (Å²) in [6.07, 6.45) is 2.78. The largest absolute Gasteiger partial charge is 0.489 e. The van der Waals surface area contributed by atoms with Gasteiger partial charge in [0.15, 0.2) is 16.6 Å². The summed E-state index contributed by atoms with van der Waals surface area (Å²) in [5, 5.41) is 4.07. The summed E-state index contributed by atoms with van der Waals surface area (Å²) in [7, 11) is 4.30. The lowest BCUT2D eigenvalue weighted by Gasteiger charge is -2.27. The van der Waals surface area contributed by atoms with Gasteiger partial charge in [0.05, 0.1) is 27.2 Å². The summed E-state index contributed by atoms with van der Waals surface area (Å²) in [5.74, 6) is 2.30. The molecule has 2 aromatic rings. The molecule has 30 heavy (non-hydrogen) atoms. The number of ether oxygens (including phenoxy) is 3. The van der Waals surface area contributed by atoms with Crippen molar-refractivity contribution >= 4 is 23.0 Å². The van der Waals surface area contributed by atoms with Gasteiger partial charge in [-0.05, 0) is 30.4 Å². The van der Waals surface area contributed by atoms with Crippen molar-refractivity contribution in [3.8, 4) is 17.2 Å². The lowest BCUT2D eigenvalue weighted by Crippen LogP contribution is -3.05. The highest BCUT2D eigenvalue weighted by Gasteiger charge is 2.20. The highest BCUT2D eigenvalue weighted by Crippen LogP contribution is 2.36. The summed E-state index contributed by atoms with van der Waals surface area (Å²) in [5.41, 5.74) is 1.98. The number of nitrogens with one attached hydrogen (secondary N) is 2. The van der Waals surface area contributed by atoms with Crippen molar-refractivity contribution < 1.29 is 19.1 Å². The normalized spacial score (nSPS) is 12.0. The van der Waals surface area contributed by atoms with Crippen molar-refractivity contribution in [2.75, 3.05) is 45.5 Å². The fraction of sp³-hybridized carbons (Fsp3) is 0.348. The minimum Gasteiger partial charge on any atom is -0.489 e. The summed E-state index contributed by atoms with van der Waals surface area (Å²) >= 11 is 5.77. The van der Waals surface area contributed by atoms with Gasteiger partial charge in [-0.1, -0.05) is 30.9 Å². The van der Waals surface area contributed by atoms with E-state index in [9.17, 15) is 0 Å². The quantitative estimate of drug-likeness (QED) is 0.344. The SMILES string of the molecule is C=CCOc1ccccc1CN(C(=S)NCCC[NH+](C)C)c1ccc2c(c1)OCO2. The van der Waals surface area contributed by atoms with E-state index < -0.39 is 0 Å². The third-order valence-electron chi connectivity index (χ3n) is 4.70. The first-order valence-electron chi connectivity index (χ1n) is 10.1. The molecular formula is C23H30N3O3S+. The Morgan fingerprint density at radius 1 is 1.23 bits per heavy atom. The maximum atomic E-state index is 5.85. The van der Waals surface area contributed by atoms with Crippen LogP contribution in [0.5, 0.6) is 17.2 Å². The fourth-order valence-corrected chi connectivity index (χ4v) is 3.43. The van der Waals surface area contributed by atoms with Crippen LogP contribution in [0.4, 0.5) is 5.69 Å². The van der Waals surface area contributed by atoms with Crippen LogP contribution in [0.2, 0.25) is 0 Å². The minimum absolute atomic E-state index is 0.243. The smallest absolute Gasteiger partial charge is 0.231 e. The van der Waals surface area contributed by atoms with Gasteiger partial charge in [0.2, 0.25) is 6.79 Å². The van der Waals surface area contributed by atoms with Gasteiger partial charge >= 0.3 is 0 Å². The molecule has 0 aromatic heterocycles. The maximum Gasteiger partial charge on any atom is 0.231 e. The number of fused-ring (bicyclic) bond motifs is 1. The molecule has 160 valence electrons. The monoisotopic (exact) mass is 428 g/mol. The van der Waals surface area contributed by atoms with E-state index in [2.05, 4.69) is 37.0 Å². The Morgan fingerprint density at radius 2 is 2.03 bits per heavy atom. The summed E-state index contributed by atoms with van der Waals surface area (Å²) in [4.78, 5) is 3.49. The Bertz CT molecular complexity index is 873. The van der Waals surface area contributed by atoms with E-state index in [4.69, 9.17) is 26.4 Å². The number of quaternary nitrogens is 1. The van der Waals surface area contributed by atoms with Gasteiger partial charge < -0.3 is 29.3 Å². The van der Waals surface area contributed by atoms with Crippen molar-refractivity contribution in [3.63, 3.8) is 0 Å². The third-order valence-corrected chi connectivity index (χ3v) is 5.07. The molecule has 1 aliphatic rings. The first-order valence-corrected chi connectivity index (χ1v) is 10.5. The second-order valence-corrected chi connectivity index (χ2v) is 7.76. The Kier molecular flexibility index (Phi) is 7.93. The molecule has 0 radical (unpaired) electrons. The van der Waals surface area contributed by atoms with E-state index in [1.807, 2.05) is 36.4 Å². The zero-order valence-corrected chi connectivity index (χ0v) is 18.5. The topological polar surface area (TPSA) is 47.4 Å². The van der Waals surface area contributed by atoms with Crippen LogP contribution in [-0.2, 0) is 6.54 Å². The van der Waals surface area contributed by atoms with Crippen molar-refractivity contribution in [2.24, 2.45) is 0 Å². The van der Waals surface area contributed by atoms with Gasteiger partial charge in [-0.25, -0.2) is 0 Å². The van der Waals surface area contributed by atoms with Crippen LogP contribution in [0.25, 0.3) is 0 Å². The van der Waals surface area contributed by atoms with Crippen LogP contribution in [0.1, 0.15) is 12.0 Å². The van der Waals surface area contributed by atoms with E-state index in [-0.39, 0.29) is 6.79 Å². The molecular weight excluding hydrogens is 398 g/mol.